The van der Waals surface area contributed by atoms with Crippen molar-refractivity contribution in [2.24, 2.45) is 0 Å². The zero-order chi connectivity index (χ0) is 20.4. The van der Waals surface area contributed by atoms with E-state index < -0.39 is 24.0 Å². The van der Waals surface area contributed by atoms with Gasteiger partial charge >= 0.3 is 18.0 Å². The van der Waals surface area contributed by atoms with E-state index in [0.29, 0.717) is 11.4 Å². The lowest BCUT2D eigenvalue weighted by atomic mass is 9.96. The summed E-state index contributed by atoms with van der Waals surface area (Å²) in [6.45, 7) is 5.24. The van der Waals surface area contributed by atoms with E-state index in [1.807, 2.05) is 25.1 Å². The number of carboxylic acids is 1. The number of esters is 1. The van der Waals surface area contributed by atoms with Crippen molar-refractivity contribution in [3.05, 3.63) is 58.6 Å². The van der Waals surface area contributed by atoms with Crippen LogP contribution in [0.1, 0.15) is 41.5 Å². The molecule has 3 N–H and O–H groups in total. The number of allylic oxidation sites excluding steroid dienone is 1. The van der Waals surface area contributed by atoms with Crippen molar-refractivity contribution in [2.45, 2.75) is 26.8 Å². The lowest BCUT2D eigenvalue weighted by molar-refractivity contribution is -0.139. The molecule has 1 aliphatic rings. The van der Waals surface area contributed by atoms with Gasteiger partial charge in [0.05, 0.1) is 23.9 Å². The van der Waals surface area contributed by atoms with Crippen LogP contribution in [0.2, 0.25) is 0 Å². The molecule has 0 saturated heterocycles. The SMILES string of the molecule is CCOC(=O)C1=C(C)NC(=O)NC1c1cn(-c2ccccc2C)nc1C(=O)O. The Bertz CT molecular complexity index is 992. The maximum Gasteiger partial charge on any atom is 0.356 e. The highest BCUT2D eigenvalue weighted by molar-refractivity contribution is 5.96. The van der Waals surface area contributed by atoms with E-state index in [-0.39, 0.29) is 23.4 Å². The van der Waals surface area contributed by atoms with Crippen molar-refractivity contribution in [1.29, 1.82) is 0 Å². The summed E-state index contributed by atoms with van der Waals surface area (Å²) >= 11 is 0. The van der Waals surface area contributed by atoms with Crippen LogP contribution in [-0.4, -0.2) is 39.5 Å². The quantitative estimate of drug-likeness (QED) is 0.678. The summed E-state index contributed by atoms with van der Waals surface area (Å²) in [5, 5.41) is 18.9. The number of carboxylic acid groups (broad SMARTS) is 1. The van der Waals surface area contributed by atoms with Crippen molar-refractivity contribution >= 4 is 18.0 Å². The summed E-state index contributed by atoms with van der Waals surface area (Å²) < 4.78 is 6.52. The zero-order valence-electron chi connectivity index (χ0n) is 15.6. The Kier molecular flexibility index (Phi) is 5.16. The van der Waals surface area contributed by atoms with Gasteiger partial charge in [0.2, 0.25) is 0 Å². The number of nitrogens with one attached hydrogen (secondary N) is 2. The molecular formula is C19H20N4O5. The number of para-hydroxylation sites is 1. The molecule has 1 aromatic carbocycles. The molecule has 28 heavy (non-hydrogen) atoms. The third-order valence-corrected chi connectivity index (χ3v) is 4.38. The number of hydrogen-bond donors (Lipinski definition) is 3. The van der Waals surface area contributed by atoms with Crippen LogP contribution in [0.25, 0.3) is 5.69 Å². The first-order valence-electron chi connectivity index (χ1n) is 8.67. The van der Waals surface area contributed by atoms with Gasteiger partial charge in [0.25, 0.3) is 0 Å². The van der Waals surface area contributed by atoms with Crippen LogP contribution in [0.3, 0.4) is 0 Å². The average Bonchev–Trinajstić information content (AvgIpc) is 3.07. The van der Waals surface area contributed by atoms with E-state index in [4.69, 9.17) is 4.74 Å². The van der Waals surface area contributed by atoms with Crippen LogP contribution in [0, 0.1) is 6.92 Å². The molecule has 3 rings (SSSR count). The maximum absolute atomic E-state index is 12.5. The number of urea groups is 1. The third-order valence-electron chi connectivity index (χ3n) is 4.38. The predicted octanol–water partition coefficient (Wildman–Crippen LogP) is 2.07. The smallest absolute Gasteiger partial charge is 0.356 e. The second-order valence-electron chi connectivity index (χ2n) is 6.26. The fourth-order valence-electron chi connectivity index (χ4n) is 3.12. The number of aromatic nitrogens is 2. The largest absolute Gasteiger partial charge is 0.476 e. The third kappa shape index (κ3) is 3.46. The molecule has 2 aromatic rings. The Morgan fingerprint density at radius 2 is 2.00 bits per heavy atom. The summed E-state index contributed by atoms with van der Waals surface area (Å²) in [5.74, 6) is -1.91. The van der Waals surface area contributed by atoms with E-state index >= 15 is 0 Å². The fraction of sp³-hybridized carbons (Fsp3) is 0.263. The first-order valence-corrected chi connectivity index (χ1v) is 8.67. The molecule has 1 unspecified atom stereocenters. The van der Waals surface area contributed by atoms with Crippen molar-refractivity contribution < 1.29 is 24.2 Å². The van der Waals surface area contributed by atoms with E-state index in [2.05, 4.69) is 15.7 Å². The van der Waals surface area contributed by atoms with Crippen LogP contribution >= 0.6 is 0 Å². The van der Waals surface area contributed by atoms with Crippen LogP contribution in [0.4, 0.5) is 4.79 Å². The Hall–Kier alpha value is -3.62. The number of rotatable bonds is 5. The van der Waals surface area contributed by atoms with Gasteiger partial charge in [-0.25, -0.2) is 19.1 Å². The zero-order valence-corrected chi connectivity index (χ0v) is 15.6. The van der Waals surface area contributed by atoms with E-state index in [9.17, 15) is 19.5 Å². The Morgan fingerprint density at radius 3 is 2.64 bits per heavy atom. The van der Waals surface area contributed by atoms with Crippen LogP contribution < -0.4 is 10.6 Å². The number of ether oxygens (including phenoxy) is 1. The molecule has 0 saturated carbocycles. The van der Waals surface area contributed by atoms with Gasteiger partial charge in [-0.2, -0.15) is 5.10 Å². The van der Waals surface area contributed by atoms with Crippen LogP contribution in [0.5, 0.6) is 0 Å². The molecule has 0 fully saturated rings. The molecule has 146 valence electrons. The monoisotopic (exact) mass is 384 g/mol. The molecule has 1 atom stereocenters. The average molecular weight is 384 g/mol. The van der Waals surface area contributed by atoms with Gasteiger partial charge in [-0.15, -0.1) is 0 Å². The second-order valence-corrected chi connectivity index (χ2v) is 6.26. The first-order chi connectivity index (χ1) is 13.3. The van der Waals surface area contributed by atoms with Gasteiger partial charge in [0, 0.05) is 17.5 Å². The van der Waals surface area contributed by atoms with Crippen molar-refractivity contribution in [3.63, 3.8) is 0 Å². The molecule has 0 aliphatic carbocycles. The summed E-state index contributed by atoms with van der Waals surface area (Å²) in [6.07, 6.45) is 1.51. The number of hydrogen-bond acceptors (Lipinski definition) is 5. The topological polar surface area (TPSA) is 123 Å². The number of carbonyl (C=O) groups is 3. The summed E-state index contributed by atoms with van der Waals surface area (Å²) in [6, 6.07) is 5.79. The first kappa shape index (κ1) is 19.2. The standard InChI is InChI=1S/C19H20N4O5/c1-4-28-18(26)14-11(3)20-19(27)21-15(14)12-9-23(22-16(12)17(24)25)13-8-6-5-7-10(13)2/h5-9,15H,4H2,1-3H3,(H,24,25)(H2,20,21,27). The highest BCUT2D eigenvalue weighted by Gasteiger charge is 2.36. The second kappa shape index (κ2) is 7.55. The number of aromatic carboxylic acids is 1. The van der Waals surface area contributed by atoms with E-state index in [1.54, 1.807) is 19.9 Å². The maximum atomic E-state index is 12.5. The molecule has 9 nitrogen and oxygen atoms in total. The van der Waals surface area contributed by atoms with Crippen molar-refractivity contribution in [3.8, 4) is 5.69 Å². The summed E-state index contributed by atoms with van der Waals surface area (Å²) in [5.41, 5.74) is 1.94. The normalized spacial score (nSPS) is 16.4. The van der Waals surface area contributed by atoms with Gasteiger partial charge < -0.3 is 20.5 Å². The number of carbonyl (C=O) groups excluding carboxylic acids is 2. The number of nitrogens with zero attached hydrogens (tertiary/aromatic N) is 2. The molecule has 0 spiro atoms. The minimum Gasteiger partial charge on any atom is -0.476 e. The minimum absolute atomic E-state index is 0.133. The number of benzene rings is 1. The van der Waals surface area contributed by atoms with Gasteiger partial charge in [-0.1, -0.05) is 18.2 Å². The predicted molar refractivity (Wildman–Crippen MR) is 99.0 cm³/mol. The summed E-state index contributed by atoms with van der Waals surface area (Å²) in [4.78, 5) is 36.3. The van der Waals surface area contributed by atoms with Crippen LogP contribution in [-0.2, 0) is 9.53 Å². The van der Waals surface area contributed by atoms with Gasteiger partial charge in [-0.3, -0.25) is 0 Å². The summed E-state index contributed by atoms with van der Waals surface area (Å²) in [7, 11) is 0. The van der Waals surface area contributed by atoms with Crippen LogP contribution in [0.15, 0.2) is 41.7 Å². The molecule has 0 bridgehead atoms. The molecular weight excluding hydrogens is 364 g/mol. The van der Waals surface area contributed by atoms with E-state index in [1.165, 1.54) is 10.9 Å². The number of aryl methyl sites for hydroxylation is 1. The molecule has 2 amide bonds. The lowest BCUT2D eigenvalue weighted by Gasteiger charge is -2.27. The molecule has 0 radical (unpaired) electrons. The van der Waals surface area contributed by atoms with E-state index in [0.717, 1.165) is 5.56 Å². The lowest BCUT2D eigenvalue weighted by Crippen LogP contribution is -2.45. The highest BCUT2D eigenvalue weighted by atomic mass is 16.5. The van der Waals surface area contributed by atoms with Gasteiger partial charge in [-0.05, 0) is 32.4 Å². The van der Waals surface area contributed by atoms with Gasteiger partial charge in [0.1, 0.15) is 0 Å². The van der Waals surface area contributed by atoms with Gasteiger partial charge in [0.15, 0.2) is 5.69 Å². The van der Waals surface area contributed by atoms with Crippen molar-refractivity contribution in [1.82, 2.24) is 20.4 Å². The Morgan fingerprint density at radius 1 is 1.29 bits per heavy atom. The Balaban J connectivity index is 2.16. The number of amides is 2. The highest BCUT2D eigenvalue weighted by Crippen LogP contribution is 2.30. The minimum atomic E-state index is -1.27. The Labute approximate surface area is 161 Å². The van der Waals surface area contributed by atoms with Crippen molar-refractivity contribution in [2.75, 3.05) is 6.61 Å². The molecule has 2 heterocycles. The molecule has 1 aliphatic heterocycles. The molecule has 9 heteroatoms. The molecule has 1 aromatic heterocycles. The fourth-order valence-corrected chi connectivity index (χ4v) is 3.12.